The van der Waals surface area contributed by atoms with Crippen LogP contribution in [0.4, 0.5) is 5.82 Å². The predicted octanol–water partition coefficient (Wildman–Crippen LogP) is 1.76. The number of aromatic nitrogens is 4. The molecule has 0 fully saturated rings. The summed E-state index contributed by atoms with van der Waals surface area (Å²) in [6, 6.07) is 2.85. The number of carbonyl (C=O) groups excluding carboxylic acids is 1. The molecule has 0 saturated heterocycles. The van der Waals surface area contributed by atoms with Gasteiger partial charge in [-0.3, -0.25) is 4.79 Å². The number of carbonyl (C=O) groups is 1. The quantitative estimate of drug-likeness (QED) is 0.535. The molecular weight excluding hydrogens is 328 g/mol. The molecule has 3 heterocycles. The van der Waals surface area contributed by atoms with Crippen LogP contribution >= 0.6 is 0 Å². The van der Waals surface area contributed by atoms with E-state index in [9.17, 15) is 14.9 Å². The predicted molar refractivity (Wildman–Crippen MR) is 87.9 cm³/mol. The topological polar surface area (TPSA) is 131 Å². The summed E-state index contributed by atoms with van der Waals surface area (Å²) in [5.41, 5.74) is 7.02. The average Bonchev–Trinajstić information content (AvgIpc) is 3.21. The number of fused-ring (bicyclic) bond motifs is 1. The van der Waals surface area contributed by atoms with Crippen LogP contribution in [0.15, 0.2) is 30.7 Å². The number of nitrogens with two attached hydrogens (primary N) is 1. The van der Waals surface area contributed by atoms with Crippen LogP contribution in [0.25, 0.3) is 16.6 Å². The van der Waals surface area contributed by atoms with Crippen molar-refractivity contribution >= 4 is 17.2 Å². The molecule has 3 aromatic rings. The molecule has 0 spiro atoms. The van der Waals surface area contributed by atoms with Crippen LogP contribution in [0.3, 0.4) is 0 Å². The SMILES string of the molecule is CCOC(C)n1cc(-c2c(C(N)=O)cnn3c([N+](=O)[O-])ccc23)cn1. The summed E-state index contributed by atoms with van der Waals surface area (Å²) in [5.74, 6) is -0.887. The van der Waals surface area contributed by atoms with Crippen molar-refractivity contribution in [2.24, 2.45) is 5.73 Å². The fourth-order valence-electron chi connectivity index (χ4n) is 2.66. The van der Waals surface area contributed by atoms with E-state index < -0.39 is 10.8 Å². The Kier molecular flexibility index (Phi) is 4.19. The van der Waals surface area contributed by atoms with Gasteiger partial charge in [0.15, 0.2) is 5.52 Å². The van der Waals surface area contributed by atoms with Gasteiger partial charge in [0, 0.05) is 30.0 Å². The van der Waals surface area contributed by atoms with Gasteiger partial charge in [0.25, 0.3) is 5.91 Å². The van der Waals surface area contributed by atoms with E-state index in [0.29, 0.717) is 23.3 Å². The molecule has 0 aliphatic heterocycles. The molecule has 1 unspecified atom stereocenters. The smallest absolute Gasteiger partial charge is 0.348 e. The highest BCUT2D eigenvalue weighted by Crippen LogP contribution is 2.31. The highest BCUT2D eigenvalue weighted by Gasteiger charge is 2.24. The van der Waals surface area contributed by atoms with Crippen molar-refractivity contribution in [3.05, 3.63) is 46.4 Å². The Bertz CT molecular complexity index is 960. The molecule has 0 saturated carbocycles. The van der Waals surface area contributed by atoms with Crippen LogP contribution in [-0.4, -0.2) is 36.8 Å². The lowest BCUT2D eigenvalue weighted by Gasteiger charge is -2.11. The van der Waals surface area contributed by atoms with Crippen molar-refractivity contribution in [3.8, 4) is 11.1 Å². The van der Waals surface area contributed by atoms with Crippen LogP contribution in [0.1, 0.15) is 30.4 Å². The molecule has 3 rings (SSSR count). The maximum Gasteiger partial charge on any atom is 0.348 e. The summed E-state index contributed by atoms with van der Waals surface area (Å²) in [5, 5.41) is 19.3. The second-order valence-electron chi connectivity index (χ2n) is 5.31. The first-order chi connectivity index (χ1) is 11.9. The summed E-state index contributed by atoms with van der Waals surface area (Å²) in [4.78, 5) is 22.4. The van der Waals surface area contributed by atoms with Gasteiger partial charge in [-0.25, -0.2) is 4.68 Å². The molecule has 10 heteroatoms. The third kappa shape index (κ3) is 2.83. The van der Waals surface area contributed by atoms with Crippen molar-refractivity contribution in [3.63, 3.8) is 0 Å². The highest BCUT2D eigenvalue weighted by atomic mass is 16.6. The van der Waals surface area contributed by atoms with Crippen LogP contribution in [0, 0.1) is 10.1 Å². The number of ether oxygens (including phenoxy) is 1. The Morgan fingerprint density at radius 3 is 2.80 bits per heavy atom. The summed E-state index contributed by atoms with van der Waals surface area (Å²) < 4.78 is 8.23. The second kappa shape index (κ2) is 6.32. The minimum atomic E-state index is -0.681. The Morgan fingerprint density at radius 1 is 1.40 bits per heavy atom. The highest BCUT2D eigenvalue weighted by molar-refractivity contribution is 6.03. The van der Waals surface area contributed by atoms with Crippen molar-refractivity contribution in [2.45, 2.75) is 20.1 Å². The van der Waals surface area contributed by atoms with Gasteiger partial charge in [0.05, 0.1) is 18.0 Å². The molecule has 3 aromatic heterocycles. The van der Waals surface area contributed by atoms with Crippen molar-refractivity contribution in [2.75, 3.05) is 6.61 Å². The maximum atomic E-state index is 11.8. The zero-order valence-electron chi connectivity index (χ0n) is 13.6. The van der Waals surface area contributed by atoms with Crippen LogP contribution in [-0.2, 0) is 4.74 Å². The number of rotatable bonds is 6. The van der Waals surface area contributed by atoms with Gasteiger partial charge in [0.2, 0.25) is 0 Å². The third-order valence-corrected chi connectivity index (χ3v) is 3.79. The normalized spacial score (nSPS) is 12.4. The van der Waals surface area contributed by atoms with Crippen LogP contribution in [0.5, 0.6) is 0 Å². The van der Waals surface area contributed by atoms with E-state index in [1.54, 1.807) is 17.1 Å². The first-order valence-electron chi connectivity index (χ1n) is 7.55. The number of primary amides is 1. The number of amides is 1. The largest absolute Gasteiger partial charge is 0.366 e. The molecule has 0 radical (unpaired) electrons. The monoisotopic (exact) mass is 344 g/mol. The number of nitrogens with zero attached hydrogens (tertiary/aromatic N) is 5. The molecule has 130 valence electrons. The van der Waals surface area contributed by atoms with E-state index in [1.807, 2.05) is 13.8 Å². The molecule has 2 N–H and O–H groups in total. The Morgan fingerprint density at radius 2 is 2.16 bits per heavy atom. The first kappa shape index (κ1) is 16.6. The molecule has 1 amide bonds. The molecule has 1 atom stereocenters. The maximum absolute atomic E-state index is 11.8. The summed E-state index contributed by atoms with van der Waals surface area (Å²) in [6.07, 6.45) is 4.17. The molecule has 0 bridgehead atoms. The average molecular weight is 344 g/mol. The lowest BCUT2D eigenvalue weighted by atomic mass is 10.0. The van der Waals surface area contributed by atoms with Crippen molar-refractivity contribution in [1.82, 2.24) is 19.4 Å². The van der Waals surface area contributed by atoms with Crippen molar-refractivity contribution < 1.29 is 14.5 Å². The zero-order valence-corrected chi connectivity index (χ0v) is 13.6. The molecule has 0 aliphatic rings. The van der Waals surface area contributed by atoms with E-state index >= 15 is 0 Å². The summed E-state index contributed by atoms with van der Waals surface area (Å²) >= 11 is 0. The molecular formula is C15H16N6O4. The summed E-state index contributed by atoms with van der Waals surface area (Å²) in [6.45, 7) is 4.23. The van der Waals surface area contributed by atoms with Gasteiger partial charge >= 0.3 is 5.82 Å². The molecule has 0 aromatic carbocycles. The van der Waals surface area contributed by atoms with Gasteiger partial charge in [-0.15, -0.1) is 0 Å². The lowest BCUT2D eigenvalue weighted by molar-refractivity contribution is -0.390. The van der Waals surface area contributed by atoms with E-state index in [4.69, 9.17) is 10.5 Å². The molecule has 0 aliphatic carbocycles. The number of nitro groups is 1. The van der Waals surface area contributed by atoms with Crippen LogP contribution < -0.4 is 5.73 Å². The van der Waals surface area contributed by atoms with E-state index in [2.05, 4.69) is 10.2 Å². The van der Waals surface area contributed by atoms with Gasteiger partial charge < -0.3 is 20.6 Å². The zero-order chi connectivity index (χ0) is 18.1. The van der Waals surface area contributed by atoms with Crippen LogP contribution in [0.2, 0.25) is 0 Å². The standard InChI is InChI=1S/C15H16N6O4/c1-3-25-9(2)19-8-10(6-17-19)14-11(15(16)22)7-18-20-12(14)4-5-13(20)21(23)24/h4-9H,3H2,1-2H3,(H2,16,22). The van der Waals surface area contributed by atoms with Gasteiger partial charge in [-0.05, 0) is 24.8 Å². The fourth-order valence-corrected chi connectivity index (χ4v) is 2.66. The minimum absolute atomic E-state index is 0.157. The Balaban J connectivity index is 2.21. The fraction of sp³-hybridized carbons (Fsp3) is 0.267. The number of hydrogen-bond acceptors (Lipinski definition) is 6. The molecule has 10 nitrogen and oxygen atoms in total. The summed E-state index contributed by atoms with van der Waals surface area (Å²) in [7, 11) is 0. The lowest BCUT2D eigenvalue weighted by Crippen LogP contribution is -2.14. The Hall–Kier alpha value is -3.27. The third-order valence-electron chi connectivity index (χ3n) is 3.79. The van der Waals surface area contributed by atoms with E-state index in [0.717, 1.165) is 4.52 Å². The number of hydrogen-bond donors (Lipinski definition) is 1. The second-order valence-corrected chi connectivity index (χ2v) is 5.31. The van der Waals surface area contributed by atoms with E-state index in [-0.39, 0.29) is 17.6 Å². The van der Waals surface area contributed by atoms with Gasteiger partial charge in [-0.1, -0.05) is 9.61 Å². The van der Waals surface area contributed by atoms with Gasteiger partial charge in [-0.2, -0.15) is 5.10 Å². The van der Waals surface area contributed by atoms with E-state index in [1.165, 1.54) is 18.3 Å². The first-order valence-corrected chi connectivity index (χ1v) is 7.55. The Labute approximate surface area is 141 Å². The molecule has 25 heavy (non-hydrogen) atoms. The van der Waals surface area contributed by atoms with Gasteiger partial charge in [0.1, 0.15) is 6.23 Å². The minimum Gasteiger partial charge on any atom is -0.366 e. The van der Waals surface area contributed by atoms with Crippen molar-refractivity contribution in [1.29, 1.82) is 0 Å².